The van der Waals surface area contributed by atoms with E-state index in [4.69, 9.17) is 4.74 Å². The number of benzene rings is 1. The van der Waals surface area contributed by atoms with E-state index in [2.05, 4.69) is 52.4 Å². The summed E-state index contributed by atoms with van der Waals surface area (Å²) in [4.78, 5) is 0. The van der Waals surface area contributed by atoms with Gasteiger partial charge in [-0.15, -0.1) is 0 Å². The van der Waals surface area contributed by atoms with Crippen LogP contribution in [0.3, 0.4) is 0 Å². The summed E-state index contributed by atoms with van der Waals surface area (Å²) >= 11 is 3.49. The molecular weight excluding hydrogens is 302 g/mol. The molecule has 106 valence electrons. The largest absolute Gasteiger partial charge is 0.378 e. The van der Waals surface area contributed by atoms with E-state index >= 15 is 0 Å². The van der Waals surface area contributed by atoms with E-state index in [1.54, 1.807) is 0 Å². The van der Waals surface area contributed by atoms with Crippen LogP contribution in [-0.4, -0.2) is 19.3 Å². The van der Waals surface area contributed by atoms with Crippen molar-refractivity contribution in [3.8, 4) is 0 Å². The van der Waals surface area contributed by atoms with E-state index in [1.807, 2.05) is 0 Å². The normalized spacial score (nSPS) is 20.6. The third-order valence-corrected chi connectivity index (χ3v) is 4.29. The second-order valence-corrected chi connectivity index (χ2v) is 6.14. The first-order valence-corrected chi connectivity index (χ1v) is 8.19. The fourth-order valence-electron chi connectivity index (χ4n) is 2.75. The van der Waals surface area contributed by atoms with Gasteiger partial charge in [-0.05, 0) is 56.3 Å². The molecule has 0 aromatic heterocycles. The summed E-state index contributed by atoms with van der Waals surface area (Å²) in [6.45, 7) is 4.15. The first kappa shape index (κ1) is 15.0. The van der Waals surface area contributed by atoms with Crippen molar-refractivity contribution in [3.63, 3.8) is 0 Å². The van der Waals surface area contributed by atoms with Crippen LogP contribution >= 0.6 is 15.9 Å². The van der Waals surface area contributed by atoms with Crippen molar-refractivity contribution in [1.29, 1.82) is 0 Å². The van der Waals surface area contributed by atoms with E-state index in [0.717, 1.165) is 17.6 Å². The van der Waals surface area contributed by atoms with E-state index in [-0.39, 0.29) is 0 Å². The van der Waals surface area contributed by atoms with Crippen LogP contribution in [0.1, 0.15) is 50.6 Å². The monoisotopic (exact) mass is 325 g/mol. The minimum absolute atomic E-state index is 0.472. The number of nitrogens with one attached hydrogen (secondary N) is 1. The Morgan fingerprint density at radius 2 is 2.16 bits per heavy atom. The second-order valence-electron chi connectivity index (χ2n) is 5.23. The van der Waals surface area contributed by atoms with Gasteiger partial charge in [-0.3, -0.25) is 0 Å². The van der Waals surface area contributed by atoms with Crippen LogP contribution in [0.15, 0.2) is 28.7 Å². The van der Waals surface area contributed by atoms with Crippen LogP contribution in [-0.2, 0) is 4.74 Å². The molecule has 0 spiro atoms. The lowest BCUT2D eigenvalue weighted by atomic mass is 9.99. The van der Waals surface area contributed by atoms with Crippen molar-refractivity contribution >= 4 is 15.9 Å². The molecule has 1 N–H and O–H groups in total. The third kappa shape index (κ3) is 4.90. The van der Waals surface area contributed by atoms with Crippen LogP contribution < -0.4 is 5.32 Å². The first-order valence-electron chi connectivity index (χ1n) is 7.40. The van der Waals surface area contributed by atoms with Gasteiger partial charge in [0.25, 0.3) is 0 Å². The third-order valence-electron chi connectivity index (χ3n) is 3.77. The van der Waals surface area contributed by atoms with Crippen molar-refractivity contribution in [2.75, 3.05) is 13.2 Å². The smallest absolute Gasteiger partial charge is 0.0576 e. The van der Waals surface area contributed by atoms with Gasteiger partial charge in [0.05, 0.1) is 6.10 Å². The van der Waals surface area contributed by atoms with Crippen molar-refractivity contribution in [2.45, 2.75) is 51.2 Å². The van der Waals surface area contributed by atoms with Gasteiger partial charge in [0.15, 0.2) is 0 Å². The lowest BCUT2D eigenvalue weighted by Gasteiger charge is -2.19. The summed E-state index contributed by atoms with van der Waals surface area (Å²) in [5.74, 6) is 0. The van der Waals surface area contributed by atoms with Crippen molar-refractivity contribution in [1.82, 2.24) is 5.32 Å². The molecule has 2 nitrogen and oxygen atoms in total. The van der Waals surface area contributed by atoms with Gasteiger partial charge in [-0.2, -0.15) is 0 Å². The van der Waals surface area contributed by atoms with Crippen LogP contribution in [0, 0.1) is 0 Å². The average molecular weight is 326 g/mol. The summed E-state index contributed by atoms with van der Waals surface area (Å²) in [6, 6.07) is 9.14. The molecule has 19 heavy (non-hydrogen) atoms. The fraction of sp³-hybridized carbons (Fsp3) is 0.625. The minimum atomic E-state index is 0.472. The highest BCUT2D eigenvalue weighted by molar-refractivity contribution is 9.10. The molecule has 0 saturated carbocycles. The molecule has 1 aromatic rings. The summed E-state index contributed by atoms with van der Waals surface area (Å²) in [7, 11) is 0. The Kier molecular flexibility index (Phi) is 6.35. The van der Waals surface area contributed by atoms with Gasteiger partial charge in [-0.25, -0.2) is 0 Å². The number of ether oxygens (including phenoxy) is 1. The Bertz CT molecular complexity index is 360. The Balaban J connectivity index is 1.82. The zero-order chi connectivity index (χ0) is 13.5. The van der Waals surface area contributed by atoms with Gasteiger partial charge in [0.1, 0.15) is 0 Å². The van der Waals surface area contributed by atoms with Crippen molar-refractivity contribution in [3.05, 3.63) is 34.3 Å². The van der Waals surface area contributed by atoms with Gasteiger partial charge in [0.2, 0.25) is 0 Å². The van der Waals surface area contributed by atoms with Crippen LogP contribution in [0.4, 0.5) is 0 Å². The highest BCUT2D eigenvalue weighted by atomic mass is 79.9. The molecular formula is C16H24BrNO. The molecule has 1 aromatic carbocycles. The fourth-order valence-corrected chi connectivity index (χ4v) is 3.01. The number of rotatable bonds is 7. The standard InChI is InChI=1S/C16H24BrNO/c1-2-18-16(13-8-10-14(17)11-9-13)7-3-5-15-6-4-12-19-15/h8-11,15-16,18H,2-7,12H2,1H3. The Morgan fingerprint density at radius 1 is 1.37 bits per heavy atom. The molecule has 1 heterocycles. The Morgan fingerprint density at radius 3 is 2.79 bits per heavy atom. The molecule has 3 heteroatoms. The van der Waals surface area contributed by atoms with Gasteiger partial charge in [-0.1, -0.05) is 35.0 Å². The molecule has 1 aliphatic rings. The minimum Gasteiger partial charge on any atom is -0.378 e. The van der Waals surface area contributed by atoms with Crippen molar-refractivity contribution in [2.24, 2.45) is 0 Å². The van der Waals surface area contributed by atoms with E-state index in [0.29, 0.717) is 12.1 Å². The van der Waals surface area contributed by atoms with Crippen LogP contribution in [0.2, 0.25) is 0 Å². The lowest BCUT2D eigenvalue weighted by Crippen LogP contribution is -2.21. The molecule has 0 bridgehead atoms. The summed E-state index contributed by atoms with van der Waals surface area (Å²) < 4.78 is 6.83. The average Bonchev–Trinajstić information content (AvgIpc) is 2.92. The molecule has 0 aliphatic carbocycles. The molecule has 0 radical (unpaired) electrons. The quantitative estimate of drug-likeness (QED) is 0.799. The van der Waals surface area contributed by atoms with E-state index in [1.165, 1.54) is 37.7 Å². The lowest BCUT2D eigenvalue weighted by molar-refractivity contribution is 0.101. The van der Waals surface area contributed by atoms with Gasteiger partial charge >= 0.3 is 0 Å². The van der Waals surface area contributed by atoms with Gasteiger partial charge < -0.3 is 10.1 Å². The second kappa shape index (κ2) is 8.03. The Hall–Kier alpha value is -0.380. The number of hydrogen-bond donors (Lipinski definition) is 1. The zero-order valence-electron chi connectivity index (χ0n) is 11.7. The topological polar surface area (TPSA) is 21.3 Å². The first-order chi connectivity index (χ1) is 9.29. The van der Waals surface area contributed by atoms with Crippen LogP contribution in [0.25, 0.3) is 0 Å². The molecule has 2 rings (SSSR count). The van der Waals surface area contributed by atoms with Gasteiger partial charge in [0, 0.05) is 17.1 Å². The number of hydrogen-bond acceptors (Lipinski definition) is 2. The molecule has 2 atom stereocenters. The summed E-state index contributed by atoms with van der Waals surface area (Å²) in [6.07, 6.45) is 6.65. The summed E-state index contributed by atoms with van der Waals surface area (Å²) in [5, 5.41) is 3.59. The van der Waals surface area contributed by atoms with Crippen LogP contribution in [0.5, 0.6) is 0 Å². The van der Waals surface area contributed by atoms with Crippen molar-refractivity contribution < 1.29 is 4.74 Å². The molecule has 1 saturated heterocycles. The van der Waals surface area contributed by atoms with E-state index < -0.39 is 0 Å². The molecule has 0 amide bonds. The maximum absolute atomic E-state index is 5.69. The predicted octanol–water partition coefficient (Wildman–Crippen LogP) is 4.45. The predicted molar refractivity (Wildman–Crippen MR) is 83.4 cm³/mol. The maximum Gasteiger partial charge on any atom is 0.0576 e. The highest BCUT2D eigenvalue weighted by Gasteiger charge is 2.16. The molecule has 1 aliphatic heterocycles. The molecule has 2 unspecified atom stereocenters. The zero-order valence-corrected chi connectivity index (χ0v) is 13.3. The number of halogens is 1. The molecule has 1 fully saturated rings. The highest BCUT2D eigenvalue weighted by Crippen LogP contribution is 2.24. The maximum atomic E-state index is 5.69. The summed E-state index contributed by atoms with van der Waals surface area (Å²) in [5.41, 5.74) is 1.39. The Labute approximate surface area is 125 Å². The SMILES string of the molecule is CCNC(CCCC1CCCO1)c1ccc(Br)cc1. The van der Waals surface area contributed by atoms with E-state index in [9.17, 15) is 0 Å².